The quantitative estimate of drug-likeness (QED) is 0.878. The van der Waals surface area contributed by atoms with Crippen molar-refractivity contribution in [3.63, 3.8) is 0 Å². The van der Waals surface area contributed by atoms with Crippen molar-refractivity contribution in [3.8, 4) is 0 Å². The number of anilines is 1. The van der Waals surface area contributed by atoms with E-state index in [0.29, 0.717) is 12.0 Å². The number of piperidine rings is 1. The highest BCUT2D eigenvalue weighted by molar-refractivity contribution is 9.10. The summed E-state index contributed by atoms with van der Waals surface area (Å²) >= 11 is 3.67. The van der Waals surface area contributed by atoms with Crippen molar-refractivity contribution in [2.45, 2.75) is 24.9 Å². The maximum absolute atomic E-state index is 3.72. The first-order chi connectivity index (χ1) is 10.3. The summed E-state index contributed by atoms with van der Waals surface area (Å²) in [5, 5.41) is 3.72. The van der Waals surface area contributed by atoms with Gasteiger partial charge in [-0.15, -0.1) is 0 Å². The van der Waals surface area contributed by atoms with Crippen LogP contribution in [0, 0.1) is 0 Å². The minimum atomic E-state index is 0.603. The van der Waals surface area contributed by atoms with Gasteiger partial charge in [0.05, 0.1) is 5.69 Å². The second-order valence-corrected chi connectivity index (χ2v) is 6.93. The first-order valence-corrected chi connectivity index (χ1v) is 8.42. The molecular formula is C18H19BrN2. The SMILES string of the molecule is Brc1cccc2c1N[C@@H]1CCN(Cc3ccccc3)C[C@@H]21. The number of nitrogens with one attached hydrogen (secondary N) is 1. The standard InChI is InChI=1S/C18H19BrN2/c19-16-8-4-7-14-15-12-21(10-9-17(15)20-18(14)16)11-13-5-2-1-3-6-13/h1-8,15,17,20H,9-12H2/t15-,17+/m0/s1. The Balaban J connectivity index is 1.54. The molecule has 0 spiro atoms. The molecule has 1 fully saturated rings. The van der Waals surface area contributed by atoms with Crippen LogP contribution in [0.3, 0.4) is 0 Å². The zero-order chi connectivity index (χ0) is 14.2. The molecule has 2 heterocycles. The molecule has 21 heavy (non-hydrogen) atoms. The third-order valence-electron chi connectivity index (χ3n) is 4.72. The molecule has 2 nitrogen and oxygen atoms in total. The zero-order valence-corrected chi connectivity index (χ0v) is 13.5. The van der Waals surface area contributed by atoms with Gasteiger partial charge in [0, 0.05) is 36.1 Å². The topological polar surface area (TPSA) is 15.3 Å². The minimum absolute atomic E-state index is 0.603. The van der Waals surface area contributed by atoms with E-state index >= 15 is 0 Å². The lowest BCUT2D eigenvalue weighted by Gasteiger charge is -2.35. The van der Waals surface area contributed by atoms with E-state index < -0.39 is 0 Å². The van der Waals surface area contributed by atoms with Gasteiger partial charge >= 0.3 is 0 Å². The fourth-order valence-corrected chi connectivity index (χ4v) is 4.18. The predicted molar refractivity (Wildman–Crippen MR) is 90.6 cm³/mol. The molecule has 2 aliphatic rings. The van der Waals surface area contributed by atoms with Crippen LogP contribution in [0.25, 0.3) is 0 Å². The van der Waals surface area contributed by atoms with Gasteiger partial charge in [-0.05, 0) is 39.5 Å². The average Bonchev–Trinajstić information content (AvgIpc) is 2.88. The lowest BCUT2D eigenvalue weighted by molar-refractivity contribution is 0.194. The maximum Gasteiger partial charge on any atom is 0.0523 e. The largest absolute Gasteiger partial charge is 0.380 e. The number of halogens is 1. The second kappa shape index (κ2) is 5.47. The van der Waals surface area contributed by atoms with Gasteiger partial charge in [0.1, 0.15) is 0 Å². The number of likely N-dealkylation sites (tertiary alicyclic amines) is 1. The van der Waals surface area contributed by atoms with Crippen LogP contribution in [0.15, 0.2) is 53.0 Å². The van der Waals surface area contributed by atoms with Crippen molar-refractivity contribution in [1.82, 2.24) is 4.90 Å². The molecule has 2 aromatic rings. The van der Waals surface area contributed by atoms with E-state index in [1.165, 1.54) is 34.3 Å². The van der Waals surface area contributed by atoms with E-state index in [0.717, 1.165) is 13.1 Å². The summed E-state index contributed by atoms with van der Waals surface area (Å²) in [6.07, 6.45) is 1.22. The van der Waals surface area contributed by atoms with Gasteiger partial charge < -0.3 is 5.32 Å². The first kappa shape index (κ1) is 13.4. The lowest BCUT2D eigenvalue weighted by Crippen LogP contribution is -2.41. The van der Waals surface area contributed by atoms with Gasteiger partial charge in [-0.2, -0.15) is 0 Å². The lowest BCUT2D eigenvalue weighted by atomic mass is 9.89. The second-order valence-electron chi connectivity index (χ2n) is 6.07. The van der Waals surface area contributed by atoms with Crippen LogP contribution >= 0.6 is 15.9 Å². The fourth-order valence-electron chi connectivity index (χ4n) is 3.68. The van der Waals surface area contributed by atoms with Crippen LogP contribution in [0.1, 0.15) is 23.5 Å². The molecule has 1 saturated heterocycles. The molecule has 2 atom stereocenters. The highest BCUT2D eigenvalue weighted by Gasteiger charge is 2.37. The van der Waals surface area contributed by atoms with Gasteiger partial charge in [0.15, 0.2) is 0 Å². The van der Waals surface area contributed by atoms with Crippen LogP contribution in [0.2, 0.25) is 0 Å². The Kier molecular flexibility index (Phi) is 3.48. The van der Waals surface area contributed by atoms with Crippen LogP contribution < -0.4 is 5.32 Å². The van der Waals surface area contributed by atoms with Crippen LogP contribution in [0.4, 0.5) is 5.69 Å². The van der Waals surface area contributed by atoms with E-state index in [9.17, 15) is 0 Å². The van der Waals surface area contributed by atoms with Crippen molar-refractivity contribution >= 4 is 21.6 Å². The van der Waals surface area contributed by atoms with Crippen molar-refractivity contribution in [3.05, 3.63) is 64.1 Å². The number of hydrogen-bond donors (Lipinski definition) is 1. The summed E-state index contributed by atoms with van der Waals surface area (Å²) in [6, 6.07) is 18.0. The summed E-state index contributed by atoms with van der Waals surface area (Å²) in [6.45, 7) is 3.39. The summed E-state index contributed by atoms with van der Waals surface area (Å²) < 4.78 is 1.20. The monoisotopic (exact) mass is 342 g/mol. The number of rotatable bonds is 2. The van der Waals surface area contributed by atoms with E-state index in [1.54, 1.807) is 0 Å². The summed E-state index contributed by atoms with van der Waals surface area (Å²) in [7, 11) is 0. The molecule has 0 unspecified atom stereocenters. The van der Waals surface area contributed by atoms with Gasteiger partial charge in [0.2, 0.25) is 0 Å². The van der Waals surface area contributed by atoms with Crippen molar-refractivity contribution in [1.29, 1.82) is 0 Å². The summed E-state index contributed by atoms with van der Waals surface area (Å²) in [4.78, 5) is 2.59. The Morgan fingerprint density at radius 3 is 2.81 bits per heavy atom. The normalized spacial score (nSPS) is 24.2. The van der Waals surface area contributed by atoms with Gasteiger partial charge in [0.25, 0.3) is 0 Å². The molecule has 2 aromatic carbocycles. The number of benzene rings is 2. The molecule has 1 N–H and O–H groups in total. The minimum Gasteiger partial charge on any atom is -0.380 e. The molecule has 0 amide bonds. The molecular weight excluding hydrogens is 324 g/mol. The Morgan fingerprint density at radius 2 is 1.95 bits per heavy atom. The number of fused-ring (bicyclic) bond motifs is 3. The van der Waals surface area contributed by atoms with Gasteiger partial charge in [-0.25, -0.2) is 0 Å². The van der Waals surface area contributed by atoms with E-state index in [1.807, 2.05) is 0 Å². The average molecular weight is 343 g/mol. The zero-order valence-electron chi connectivity index (χ0n) is 11.9. The van der Waals surface area contributed by atoms with Crippen molar-refractivity contribution < 1.29 is 0 Å². The summed E-state index contributed by atoms with van der Waals surface area (Å²) in [5.74, 6) is 0.620. The van der Waals surface area contributed by atoms with Crippen molar-refractivity contribution in [2.75, 3.05) is 18.4 Å². The summed E-state index contributed by atoms with van der Waals surface area (Å²) in [5.41, 5.74) is 4.21. The Labute approximate surface area is 134 Å². The fraction of sp³-hybridized carbons (Fsp3) is 0.333. The molecule has 4 rings (SSSR count). The van der Waals surface area contributed by atoms with Crippen LogP contribution in [-0.4, -0.2) is 24.0 Å². The van der Waals surface area contributed by atoms with Gasteiger partial charge in [-0.1, -0.05) is 42.5 Å². The van der Waals surface area contributed by atoms with Crippen LogP contribution in [0.5, 0.6) is 0 Å². The van der Waals surface area contributed by atoms with Crippen LogP contribution in [-0.2, 0) is 6.54 Å². The molecule has 3 heteroatoms. The van der Waals surface area contributed by atoms with Crippen molar-refractivity contribution in [2.24, 2.45) is 0 Å². The Morgan fingerprint density at radius 1 is 1.10 bits per heavy atom. The van der Waals surface area contributed by atoms with E-state index in [2.05, 4.69) is 74.7 Å². The number of nitrogens with zero attached hydrogens (tertiary/aromatic N) is 1. The highest BCUT2D eigenvalue weighted by Crippen LogP contribution is 2.43. The molecule has 0 aliphatic carbocycles. The third kappa shape index (κ3) is 2.49. The molecule has 0 saturated carbocycles. The smallest absolute Gasteiger partial charge is 0.0523 e. The van der Waals surface area contributed by atoms with E-state index in [-0.39, 0.29) is 0 Å². The predicted octanol–water partition coefficient (Wildman–Crippen LogP) is 4.23. The highest BCUT2D eigenvalue weighted by atomic mass is 79.9. The Hall–Kier alpha value is -1.32. The Bertz CT molecular complexity index is 641. The number of hydrogen-bond acceptors (Lipinski definition) is 2. The molecule has 0 aromatic heterocycles. The first-order valence-electron chi connectivity index (χ1n) is 7.62. The molecule has 0 bridgehead atoms. The molecule has 2 aliphatic heterocycles. The third-order valence-corrected chi connectivity index (χ3v) is 5.38. The maximum atomic E-state index is 3.72. The number of para-hydroxylation sites is 1. The molecule has 108 valence electrons. The van der Waals surface area contributed by atoms with E-state index in [4.69, 9.17) is 0 Å². The van der Waals surface area contributed by atoms with Gasteiger partial charge in [-0.3, -0.25) is 4.90 Å². The molecule has 0 radical (unpaired) electrons.